The van der Waals surface area contributed by atoms with Gasteiger partial charge in [-0.05, 0) is 24.3 Å². The minimum absolute atomic E-state index is 0.0388. The molecule has 1 aliphatic heterocycles. The summed E-state index contributed by atoms with van der Waals surface area (Å²) in [4.78, 5) is 27.7. The zero-order valence-electron chi connectivity index (χ0n) is 13.0. The van der Waals surface area contributed by atoms with Gasteiger partial charge < -0.3 is 9.80 Å². The van der Waals surface area contributed by atoms with Gasteiger partial charge in [-0.1, -0.05) is 13.8 Å². The van der Waals surface area contributed by atoms with Gasteiger partial charge in [0.05, 0.1) is 4.90 Å². The van der Waals surface area contributed by atoms with E-state index in [1.807, 2.05) is 13.8 Å². The number of carbonyl (C=O) groups is 2. The number of rotatable bonds is 3. The number of amides is 2. The van der Waals surface area contributed by atoms with Crippen LogP contribution < -0.4 is 0 Å². The third-order valence-corrected chi connectivity index (χ3v) is 5.13. The molecule has 1 aromatic carbocycles. The van der Waals surface area contributed by atoms with Gasteiger partial charge in [0.2, 0.25) is 5.91 Å². The zero-order chi connectivity index (χ0) is 17.2. The number of hydrogen-bond acceptors (Lipinski definition) is 4. The predicted octanol–water partition coefficient (Wildman–Crippen LogP) is 1.55. The molecule has 0 spiro atoms. The lowest BCUT2D eigenvalue weighted by atomic mass is 10.1. The summed E-state index contributed by atoms with van der Waals surface area (Å²) in [5.74, 6) is -0.142. The lowest BCUT2D eigenvalue weighted by Gasteiger charge is -2.35. The molecule has 2 amide bonds. The van der Waals surface area contributed by atoms with Gasteiger partial charge in [-0.25, -0.2) is 8.42 Å². The van der Waals surface area contributed by atoms with Gasteiger partial charge in [0.1, 0.15) is 0 Å². The average molecular weight is 359 g/mol. The van der Waals surface area contributed by atoms with E-state index in [2.05, 4.69) is 0 Å². The standard InChI is InChI=1S/C15H19ClN2O4S/c1-11(2)14(19)17-7-9-18(10-8-17)15(20)12-3-5-13(6-4-12)23(16,21)22/h3-6,11H,7-10H2,1-2H3. The van der Waals surface area contributed by atoms with Crippen LogP contribution in [0.1, 0.15) is 24.2 Å². The van der Waals surface area contributed by atoms with Crippen molar-refractivity contribution in [3.05, 3.63) is 29.8 Å². The van der Waals surface area contributed by atoms with Crippen molar-refractivity contribution in [3.63, 3.8) is 0 Å². The van der Waals surface area contributed by atoms with E-state index >= 15 is 0 Å². The maximum atomic E-state index is 12.4. The van der Waals surface area contributed by atoms with Crippen LogP contribution >= 0.6 is 10.7 Å². The highest BCUT2D eigenvalue weighted by Gasteiger charge is 2.26. The third kappa shape index (κ3) is 4.23. The first kappa shape index (κ1) is 17.7. The van der Waals surface area contributed by atoms with Gasteiger partial charge in [0.25, 0.3) is 15.0 Å². The molecule has 6 nitrogen and oxygen atoms in total. The molecule has 0 aromatic heterocycles. The van der Waals surface area contributed by atoms with Crippen molar-refractivity contribution in [1.82, 2.24) is 9.80 Å². The summed E-state index contributed by atoms with van der Waals surface area (Å²) in [5, 5.41) is 0. The van der Waals surface area contributed by atoms with E-state index in [0.717, 1.165) is 0 Å². The highest BCUT2D eigenvalue weighted by Crippen LogP contribution is 2.17. The number of halogens is 1. The molecule has 1 aromatic rings. The van der Waals surface area contributed by atoms with Gasteiger partial charge in [-0.3, -0.25) is 9.59 Å². The van der Waals surface area contributed by atoms with Crippen LogP contribution in [0.25, 0.3) is 0 Å². The molecule has 0 N–H and O–H groups in total. The number of piperazine rings is 1. The smallest absolute Gasteiger partial charge is 0.261 e. The van der Waals surface area contributed by atoms with E-state index in [1.165, 1.54) is 24.3 Å². The van der Waals surface area contributed by atoms with Crippen molar-refractivity contribution in [2.75, 3.05) is 26.2 Å². The van der Waals surface area contributed by atoms with E-state index in [4.69, 9.17) is 10.7 Å². The molecule has 1 aliphatic rings. The Morgan fingerprint density at radius 3 is 1.91 bits per heavy atom. The van der Waals surface area contributed by atoms with Crippen molar-refractivity contribution in [2.45, 2.75) is 18.7 Å². The molecule has 23 heavy (non-hydrogen) atoms. The highest BCUT2D eigenvalue weighted by molar-refractivity contribution is 8.13. The molecule has 0 unspecified atom stereocenters. The molecule has 1 heterocycles. The molecule has 1 saturated heterocycles. The quantitative estimate of drug-likeness (QED) is 0.768. The van der Waals surface area contributed by atoms with Gasteiger partial charge in [-0.15, -0.1) is 0 Å². The fourth-order valence-corrected chi connectivity index (χ4v) is 3.21. The first-order valence-corrected chi connectivity index (χ1v) is 9.64. The first-order chi connectivity index (χ1) is 10.7. The second-order valence-corrected chi connectivity index (χ2v) is 8.30. The maximum Gasteiger partial charge on any atom is 0.261 e. The molecule has 0 radical (unpaired) electrons. The summed E-state index contributed by atoms with van der Waals surface area (Å²) in [6.07, 6.45) is 0. The summed E-state index contributed by atoms with van der Waals surface area (Å²) in [7, 11) is 1.46. The van der Waals surface area contributed by atoms with Crippen LogP contribution in [0.15, 0.2) is 29.2 Å². The molecule has 8 heteroatoms. The Bertz CT molecular complexity index is 693. The minimum Gasteiger partial charge on any atom is -0.339 e. The molecule has 126 valence electrons. The van der Waals surface area contributed by atoms with Crippen LogP contribution in [0.5, 0.6) is 0 Å². The molecule has 1 fully saturated rings. The predicted molar refractivity (Wildman–Crippen MR) is 86.8 cm³/mol. The summed E-state index contributed by atoms with van der Waals surface area (Å²) < 4.78 is 22.4. The number of carbonyl (C=O) groups excluding carboxylic acids is 2. The van der Waals surface area contributed by atoms with Gasteiger partial charge in [0.15, 0.2) is 0 Å². The van der Waals surface area contributed by atoms with Gasteiger partial charge in [0, 0.05) is 48.3 Å². The van der Waals surface area contributed by atoms with Crippen molar-refractivity contribution in [3.8, 4) is 0 Å². The molecule has 0 saturated carbocycles. The molecule has 0 bridgehead atoms. The zero-order valence-corrected chi connectivity index (χ0v) is 14.6. The topological polar surface area (TPSA) is 74.8 Å². The number of nitrogens with zero attached hydrogens (tertiary/aromatic N) is 2. The van der Waals surface area contributed by atoms with Crippen molar-refractivity contribution >= 4 is 31.5 Å². The van der Waals surface area contributed by atoms with Crippen LogP contribution in [0.4, 0.5) is 0 Å². The number of hydrogen-bond donors (Lipinski definition) is 0. The summed E-state index contributed by atoms with van der Waals surface area (Å²) in [6, 6.07) is 5.52. The van der Waals surface area contributed by atoms with E-state index in [-0.39, 0.29) is 22.6 Å². The van der Waals surface area contributed by atoms with Gasteiger partial charge in [-0.2, -0.15) is 0 Å². The van der Waals surface area contributed by atoms with E-state index < -0.39 is 9.05 Å². The maximum absolute atomic E-state index is 12.4. The van der Waals surface area contributed by atoms with E-state index in [0.29, 0.717) is 31.7 Å². The molecule has 0 atom stereocenters. The number of benzene rings is 1. The largest absolute Gasteiger partial charge is 0.339 e. The Balaban J connectivity index is 2.01. The molecule has 0 aliphatic carbocycles. The molecular formula is C15H19ClN2O4S. The Morgan fingerprint density at radius 2 is 1.48 bits per heavy atom. The second-order valence-electron chi connectivity index (χ2n) is 5.73. The van der Waals surface area contributed by atoms with Crippen LogP contribution in [-0.2, 0) is 13.8 Å². The summed E-state index contributed by atoms with van der Waals surface area (Å²) in [6.45, 7) is 5.66. The Kier molecular flexibility index (Phi) is 5.31. The second kappa shape index (κ2) is 6.88. The third-order valence-electron chi connectivity index (χ3n) is 3.76. The minimum atomic E-state index is -3.79. The first-order valence-electron chi connectivity index (χ1n) is 7.33. The molecular weight excluding hydrogens is 340 g/mol. The van der Waals surface area contributed by atoms with Crippen LogP contribution in [-0.4, -0.2) is 56.2 Å². The lowest BCUT2D eigenvalue weighted by Crippen LogP contribution is -2.51. The summed E-state index contributed by atoms with van der Waals surface area (Å²) in [5.41, 5.74) is 0.401. The fraction of sp³-hybridized carbons (Fsp3) is 0.467. The fourth-order valence-electron chi connectivity index (χ4n) is 2.44. The Hall–Kier alpha value is -1.60. The summed E-state index contributed by atoms with van der Waals surface area (Å²) >= 11 is 0. The van der Waals surface area contributed by atoms with E-state index in [9.17, 15) is 18.0 Å². The Morgan fingerprint density at radius 1 is 1.00 bits per heavy atom. The van der Waals surface area contributed by atoms with Crippen LogP contribution in [0, 0.1) is 5.92 Å². The van der Waals surface area contributed by atoms with Crippen molar-refractivity contribution in [1.29, 1.82) is 0 Å². The monoisotopic (exact) mass is 358 g/mol. The normalized spacial score (nSPS) is 15.8. The van der Waals surface area contributed by atoms with E-state index in [1.54, 1.807) is 9.80 Å². The van der Waals surface area contributed by atoms with Crippen molar-refractivity contribution < 1.29 is 18.0 Å². The van der Waals surface area contributed by atoms with Gasteiger partial charge >= 0.3 is 0 Å². The van der Waals surface area contributed by atoms with Crippen molar-refractivity contribution in [2.24, 2.45) is 5.92 Å². The molecule has 2 rings (SSSR count). The highest BCUT2D eigenvalue weighted by atomic mass is 35.7. The van der Waals surface area contributed by atoms with Crippen LogP contribution in [0.2, 0.25) is 0 Å². The van der Waals surface area contributed by atoms with Crippen LogP contribution in [0.3, 0.4) is 0 Å². The average Bonchev–Trinajstić information content (AvgIpc) is 2.53. The SMILES string of the molecule is CC(C)C(=O)N1CCN(C(=O)c2ccc(S(=O)(=O)Cl)cc2)CC1. The lowest BCUT2D eigenvalue weighted by molar-refractivity contribution is -0.135. The Labute approximate surface area is 140 Å².